The third kappa shape index (κ3) is 7.09. The molecule has 4 unspecified atom stereocenters. The highest BCUT2D eigenvalue weighted by atomic mass is 32.2. The Hall–Kier alpha value is -3.85. The summed E-state index contributed by atoms with van der Waals surface area (Å²) in [6, 6.07) is 17.8. The number of hydrogen-bond acceptors (Lipinski definition) is 8. The number of aliphatic hydroxyl groups excluding tert-OH is 1. The van der Waals surface area contributed by atoms with E-state index in [0.29, 0.717) is 0 Å². The molecule has 44 heavy (non-hydrogen) atoms. The average Bonchev–Trinajstić information content (AvgIpc) is 3.15. The number of fused-ring (bicyclic) bond motifs is 2. The quantitative estimate of drug-likeness (QED) is 0.309. The molecule has 1 amide bonds. The van der Waals surface area contributed by atoms with Gasteiger partial charge in [0.15, 0.2) is 0 Å². The van der Waals surface area contributed by atoms with Crippen molar-refractivity contribution in [1.29, 1.82) is 4.78 Å². The lowest BCUT2D eigenvalue weighted by Crippen LogP contribution is -2.66. The number of alkyl halides is 3. The molecule has 0 spiro atoms. The number of piperidine rings is 1. The fourth-order valence-corrected chi connectivity index (χ4v) is 6.90. The van der Waals surface area contributed by atoms with E-state index in [2.05, 4.69) is 9.46 Å². The second kappa shape index (κ2) is 13.0. The number of anilines is 2. The monoisotopic (exact) mass is 634 g/mol. The van der Waals surface area contributed by atoms with Gasteiger partial charge in [0.2, 0.25) is 0 Å². The largest absolute Gasteiger partial charge is 0.573 e. The van der Waals surface area contributed by atoms with Crippen molar-refractivity contribution in [1.82, 2.24) is 9.62 Å². The van der Waals surface area contributed by atoms with Crippen LogP contribution in [0.3, 0.4) is 0 Å². The number of carbonyl (C=O) groups excluding carboxylic acids is 1. The molecule has 3 aromatic rings. The first-order valence-corrected chi connectivity index (χ1v) is 15.5. The number of amides is 1. The molecule has 14 heteroatoms. The first-order chi connectivity index (χ1) is 21.0. The zero-order valence-electron chi connectivity index (χ0n) is 23.8. The summed E-state index contributed by atoms with van der Waals surface area (Å²) in [6.45, 7) is 0.0745. The van der Waals surface area contributed by atoms with Crippen LogP contribution in [-0.4, -0.2) is 78.3 Å². The summed E-state index contributed by atoms with van der Waals surface area (Å²) >= 11 is 0. The Morgan fingerprint density at radius 2 is 1.57 bits per heavy atom. The summed E-state index contributed by atoms with van der Waals surface area (Å²) < 4.78 is 77.0. The van der Waals surface area contributed by atoms with E-state index in [0.717, 1.165) is 59.6 Å². The smallest absolute Gasteiger partial charge is 0.447 e. The van der Waals surface area contributed by atoms with Crippen molar-refractivity contribution in [2.24, 2.45) is 0 Å². The number of benzene rings is 3. The third-order valence-electron chi connectivity index (χ3n) is 7.61. The number of likely N-dealkylation sites (tertiary alicyclic amines) is 1. The average molecular weight is 635 g/mol. The van der Waals surface area contributed by atoms with E-state index in [4.69, 9.17) is 14.3 Å². The van der Waals surface area contributed by atoms with E-state index in [-0.39, 0.29) is 31.2 Å². The Bertz CT molecular complexity index is 1520. The number of methoxy groups -OCH3 is 1. The zero-order chi connectivity index (χ0) is 31.5. The van der Waals surface area contributed by atoms with Gasteiger partial charge in [-0.25, -0.2) is 18.5 Å². The highest BCUT2D eigenvalue weighted by molar-refractivity contribution is 7.90. The van der Waals surface area contributed by atoms with Crippen molar-refractivity contribution in [3.05, 3.63) is 83.9 Å². The minimum absolute atomic E-state index is 0.00589. The maximum atomic E-state index is 13.6. The van der Waals surface area contributed by atoms with Gasteiger partial charge < -0.3 is 29.1 Å². The van der Waals surface area contributed by atoms with Gasteiger partial charge in [0.1, 0.15) is 22.3 Å². The molecule has 236 valence electrons. The van der Waals surface area contributed by atoms with Crippen LogP contribution in [0.5, 0.6) is 5.75 Å². The number of ether oxygens (including phenoxy) is 3. The molecule has 1 saturated heterocycles. The first kappa shape index (κ1) is 31.6. The Kier molecular flexibility index (Phi) is 9.34. The molecule has 2 heterocycles. The van der Waals surface area contributed by atoms with Crippen LogP contribution in [0.15, 0.2) is 77.7 Å². The van der Waals surface area contributed by atoms with E-state index in [9.17, 15) is 27.3 Å². The number of aliphatic hydroxyl groups is 1. The van der Waals surface area contributed by atoms with Crippen LogP contribution in [0.2, 0.25) is 0 Å². The number of carbonyl (C=O) groups is 1. The van der Waals surface area contributed by atoms with Gasteiger partial charge in [-0.3, -0.25) is 0 Å². The fourth-order valence-electron chi connectivity index (χ4n) is 5.60. The van der Waals surface area contributed by atoms with Gasteiger partial charge in [-0.2, -0.15) is 0 Å². The normalized spacial score (nSPS) is 21.4. The maximum Gasteiger partial charge on any atom is 0.573 e. The predicted octanol–water partition coefficient (Wildman–Crippen LogP) is 4.63. The molecule has 1 fully saturated rings. The van der Waals surface area contributed by atoms with Gasteiger partial charge in [-0.1, -0.05) is 36.4 Å². The molecule has 4 atom stereocenters. The molecule has 3 aromatic carbocycles. The highest BCUT2D eigenvalue weighted by Crippen LogP contribution is 2.39. The van der Waals surface area contributed by atoms with Crippen LogP contribution in [0.25, 0.3) is 0 Å². The summed E-state index contributed by atoms with van der Waals surface area (Å²) in [7, 11) is -2.40. The summed E-state index contributed by atoms with van der Waals surface area (Å²) in [5.41, 5.74) is 3.79. The molecule has 0 saturated carbocycles. The summed E-state index contributed by atoms with van der Waals surface area (Å²) in [6.07, 6.45) is -5.31. The van der Waals surface area contributed by atoms with Gasteiger partial charge in [0.05, 0.1) is 29.7 Å². The van der Waals surface area contributed by atoms with Gasteiger partial charge >= 0.3 is 12.5 Å². The Balaban J connectivity index is 1.49. The van der Waals surface area contributed by atoms with Crippen molar-refractivity contribution in [2.75, 3.05) is 38.3 Å². The predicted molar refractivity (Wildman–Crippen MR) is 156 cm³/mol. The number of para-hydroxylation sites is 2. The maximum absolute atomic E-state index is 13.6. The molecule has 2 aliphatic heterocycles. The van der Waals surface area contributed by atoms with Crippen LogP contribution in [-0.2, 0) is 32.2 Å². The van der Waals surface area contributed by atoms with Crippen molar-refractivity contribution < 1.29 is 41.5 Å². The van der Waals surface area contributed by atoms with Crippen LogP contribution in [0.4, 0.5) is 29.3 Å². The molecule has 5 rings (SSSR count). The van der Waals surface area contributed by atoms with Crippen LogP contribution < -0.4 is 14.4 Å². The Labute approximate surface area is 253 Å². The zero-order valence-corrected chi connectivity index (χ0v) is 24.6. The van der Waals surface area contributed by atoms with E-state index < -0.39 is 46.3 Å². The topological polar surface area (TPSA) is 124 Å². The molecule has 0 bridgehead atoms. The summed E-state index contributed by atoms with van der Waals surface area (Å²) in [5, 5.41) is 11.9. The second-order valence-corrected chi connectivity index (χ2v) is 12.3. The van der Waals surface area contributed by atoms with Gasteiger partial charge in [-0.15, -0.1) is 13.2 Å². The van der Waals surface area contributed by atoms with Gasteiger partial charge in [0, 0.05) is 31.6 Å². The lowest BCUT2D eigenvalue weighted by molar-refractivity contribution is -0.274. The standard InChI is InChI=1S/C30H33F3N4O6S/c1-41-16-17-42-29(39)36-18-24(35-44(34,40)23-14-12-22(13-15-23)43-30(31,32)33)28(38)27(19-36)37-25-8-4-2-6-20(25)10-11-21-7-3-5-9-26(21)37/h2-9,12-15,24,27-28,38H,10-11,16-19H2,1H3,(H2,34,35,40). The molecule has 10 nitrogen and oxygen atoms in total. The molecule has 2 aliphatic rings. The molecule has 0 aliphatic carbocycles. The number of hydrogen-bond donors (Lipinski definition) is 3. The van der Waals surface area contributed by atoms with Crippen molar-refractivity contribution in [3.8, 4) is 5.75 Å². The molecular weight excluding hydrogens is 601 g/mol. The summed E-state index contributed by atoms with van der Waals surface area (Å²) in [5.74, 6) is -0.530. The van der Waals surface area contributed by atoms with Gasteiger partial charge in [-0.05, 0) is 60.4 Å². The SMILES string of the molecule is COCCOC(=O)N1CC(NS(=N)(=O)c2ccc(OC(F)(F)F)cc2)C(O)C(N2c3ccccc3CCc3ccccc32)C1. The first-order valence-electron chi connectivity index (χ1n) is 13.9. The third-order valence-corrected chi connectivity index (χ3v) is 9.18. The van der Waals surface area contributed by atoms with Gasteiger partial charge in [0.25, 0.3) is 0 Å². The lowest BCUT2D eigenvalue weighted by Gasteiger charge is -2.46. The minimum atomic E-state index is -4.91. The minimum Gasteiger partial charge on any atom is -0.447 e. The molecule has 0 radical (unpaired) electrons. The number of halogens is 3. The summed E-state index contributed by atoms with van der Waals surface area (Å²) in [4.78, 5) is 16.4. The van der Waals surface area contributed by atoms with E-state index in [1.54, 1.807) is 0 Å². The molecular formula is C30H33F3N4O6S. The Morgan fingerprint density at radius 3 is 2.14 bits per heavy atom. The van der Waals surface area contributed by atoms with Crippen molar-refractivity contribution in [3.63, 3.8) is 0 Å². The number of nitrogens with zero attached hydrogens (tertiary/aromatic N) is 2. The van der Waals surface area contributed by atoms with Crippen LogP contribution >= 0.6 is 0 Å². The second-order valence-electron chi connectivity index (χ2n) is 10.5. The van der Waals surface area contributed by atoms with E-state index in [1.807, 2.05) is 53.4 Å². The molecule has 0 aromatic heterocycles. The molecule has 3 N–H and O–H groups in total. The van der Waals surface area contributed by atoms with Crippen molar-refractivity contribution in [2.45, 2.75) is 42.3 Å². The lowest BCUT2D eigenvalue weighted by atomic mass is 9.94. The van der Waals surface area contributed by atoms with Crippen LogP contribution in [0.1, 0.15) is 11.1 Å². The number of aryl methyl sites for hydroxylation is 2. The van der Waals surface area contributed by atoms with E-state index >= 15 is 0 Å². The number of nitrogens with one attached hydrogen (secondary N) is 2. The number of rotatable bonds is 8. The fraction of sp³-hybridized carbons (Fsp3) is 0.367. The van der Waals surface area contributed by atoms with Crippen LogP contribution in [0, 0.1) is 4.78 Å². The van der Waals surface area contributed by atoms with Crippen molar-refractivity contribution >= 4 is 27.4 Å². The highest BCUT2D eigenvalue weighted by Gasteiger charge is 2.44. The Morgan fingerprint density at radius 1 is 0.977 bits per heavy atom. The van der Waals surface area contributed by atoms with E-state index in [1.165, 1.54) is 12.0 Å².